The number of aromatic nitrogens is 3. The van der Waals surface area contributed by atoms with Crippen molar-refractivity contribution in [2.45, 2.75) is 31.8 Å². The lowest BCUT2D eigenvalue weighted by molar-refractivity contribution is 0.0991. The van der Waals surface area contributed by atoms with Gasteiger partial charge in [0, 0.05) is 35.9 Å². The van der Waals surface area contributed by atoms with Gasteiger partial charge in [-0.1, -0.05) is 11.6 Å². The minimum absolute atomic E-state index is 0.0856. The molecule has 2 aromatic heterocycles. The molecule has 0 N–H and O–H groups in total. The molecule has 3 aliphatic heterocycles. The minimum atomic E-state index is -0.0856. The molecule has 1 aromatic carbocycles. The number of amides is 1. The van der Waals surface area contributed by atoms with Crippen LogP contribution in [0.25, 0.3) is 5.69 Å². The molecule has 5 heterocycles. The van der Waals surface area contributed by atoms with Crippen molar-refractivity contribution < 1.29 is 4.79 Å². The predicted molar refractivity (Wildman–Crippen MR) is 125 cm³/mol. The Labute approximate surface area is 192 Å². The maximum Gasteiger partial charge on any atom is 0.279 e. The number of halogens is 1. The normalized spacial score (nSPS) is 21.0. The van der Waals surface area contributed by atoms with Gasteiger partial charge in [-0.05, 0) is 68.8 Å². The third-order valence-electron chi connectivity index (χ3n) is 6.85. The van der Waals surface area contributed by atoms with E-state index in [0.29, 0.717) is 23.3 Å². The van der Waals surface area contributed by atoms with Gasteiger partial charge in [0.15, 0.2) is 5.69 Å². The Morgan fingerprint density at radius 2 is 1.75 bits per heavy atom. The van der Waals surface area contributed by atoms with Crippen molar-refractivity contribution in [3.05, 3.63) is 65.1 Å². The molecule has 2 saturated heterocycles. The summed E-state index contributed by atoms with van der Waals surface area (Å²) >= 11 is 5.97. The summed E-state index contributed by atoms with van der Waals surface area (Å²) in [6, 6.07) is 12.1. The van der Waals surface area contributed by atoms with Gasteiger partial charge >= 0.3 is 0 Å². The zero-order chi connectivity index (χ0) is 21.7. The van der Waals surface area contributed by atoms with E-state index in [-0.39, 0.29) is 5.91 Å². The van der Waals surface area contributed by atoms with Crippen LogP contribution >= 0.6 is 11.6 Å². The highest BCUT2D eigenvalue weighted by molar-refractivity contribution is 6.30. The van der Waals surface area contributed by atoms with Gasteiger partial charge in [-0.25, -0.2) is 9.67 Å². The third-order valence-corrected chi connectivity index (χ3v) is 7.10. The standard InChI is InChI=1S/C24H25ClN6O/c25-18-3-5-19(6-4-18)31-15-17-14-30(24(32)23(17)27-31)20-7-8-22(26-13-20)29-12-9-21(16-29)28-10-1-2-11-28/h3-8,13,15,21H,1-2,9-12,14,16H2. The van der Waals surface area contributed by atoms with Gasteiger partial charge in [0.05, 0.1) is 24.1 Å². The lowest BCUT2D eigenvalue weighted by atomic mass is 10.2. The topological polar surface area (TPSA) is 57.5 Å². The van der Waals surface area contributed by atoms with Crippen LogP contribution in [-0.4, -0.2) is 57.8 Å². The predicted octanol–water partition coefficient (Wildman–Crippen LogP) is 3.76. The number of fused-ring (bicyclic) bond motifs is 1. The summed E-state index contributed by atoms with van der Waals surface area (Å²) < 4.78 is 1.74. The van der Waals surface area contributed by atoms with E-state index in [4.69, 9.17) is 16.6 Å². The highest BCUT2D eigenvalue weighted by atomic mass is 35.5. The van der Waals surface area contributed by atoms with Crippen LogP contribution < -0.4 is 9.80 Å². The molecule has 7 nitrogen and oxygen atoms in total. The second-order valence-electron chi connectivity index (χ2n) is 8.82. The van der Waals surface area contributed by atoms with E-state index in [2.05, 4.69) is 14.9 Å². The molecule has 0 aliphatic carbocycles. The van der Waals surface area contributed by atoms with Crippen LogP contribution in [0, 0.1) is 0 Å². The van der Waals surface area contributed by atoms with E-state index < -0.39 is 0 Å². The van der Waals surface area contributed by atoms with Gasteiger partial charge < -0.3 is 9.80 Å². The van der Waals surface area contributed by atoms with Crippen molar-refractivity contribution in [1.29, 1.82) is 0 Å². The number of nitrogens with zero attached hydrogens (tertiary/aromatic N) is 6. The van der Waals surface area contributed by atoms with Crippen molar-refractivity contribution in [3.8, 4) is 5.69 Å². The van der Waals surface area contributed by atoms with Crippen LogP contribution in [0.4, 0.5) is 11.5 Å². The number of anilines is 2. The molecule has 0 saturated carbocycles. The first-order chi connectivity index (χ1) is 15.7. The van der Waals surface area contributed by atoms with Crippen molar-refractivity contribution in [3.63, 3.8) is 0 Å². The van der Waals surface area contributed by atoms with E-state index in [1.807, 2.05) is 48.8 Å². The molecule has 1 amide bonds. The number of likely N-dealkylation sites (tertiary alicyclic amines) is 1. The summed E-state index contributed by atoms with van der Waals surface area (Å²) in [5.41, 5.74) is 3.11. The highest BCUT2D eigenvalue weighted by Gasteiger charge is 2.33. The van der Waals surface area contributed by atoms with Gasteiger partial charge in [-0.3, -0.25) is 9.69 Å². The maximum atomic E-state index is 13.0. The van der Waals surface area contributed by atoms with Crippen LogP contribution in [0.1, 0.15) is 35.3 Å². The van der Waals surface area contributed by atoms with Crippen molar-refractivity contribution in [2.75, 3.05) is 36.0 Å². The Morgan fingerprint density at radius 1 is 0.969 bits per heavy atom. The molecular formula is C24H25ClN6O. The average molecular weight is 449 g/mol. The summed E-state index contributed by atoms with van der Waals surface area (Å²) in [6.45, 7) is 5.05. The monoisotopic (exact) mass is 448 g/mol. The van der Waals surface area contributed by atoms with Crippen molar-refractivity contribution in [2.24, 2.45) is 0 Å². The Balaban J connectivity index is 1.15. The molecular weight excluding hydrogens is 424 g/mol. The molecule has 32 heavy (non-hydrogen) atoms. The number of rotatable bonds is 4. The Morgan fingerprint density at radius 3 is 2.47 bits per heavy atom. The Kier molecular flexibility index (Phi) is 4.88. The number of carbonyl (C=O) groups is 1. The van der Waals surface area contributed by atoms with Crippen LogP contribution in [0.2, 0.25) is 5.02 Å². The second-order valence-corrected chi connectivity index (χ2v) is 9.26. The number of pyridine rings is 1. The van der Waals surface area contributed by atoms with Crippen molar-refractivity contribution >= 4 is 29.0 Å². The quantitative estimate of drug-likeness (QED) is 0.608. The summed E-state index contributed by atoms with van der Waals surface area (Å²) in [6.07, 6.45) is 7.58. The second kappa shape index (κ2) is 7.90. The summed E-state index contributed by atoms with van der Waals surface area (Å²) in [7, 11) is 0. The Hall–Kier alpha value is -2.90. The smallest absolute Gasteiger partial charge is 0.279 e. The highest BCUT2D eigenvalue weighted by Crippen LogP contribution is 2.30. The third kappa shape index (κ3) is 3.45. The van der Waals surface area contributed by atoms with Gasteiger partial charge in [-0.2, -0.15) is 5.10 Å². The maximum absolute atomic E-state index is 13.0. The van der Waals surface area contributed by atoms with Crippen molar-refractivity contribution in [1.82, 2.24) is 19.7 Å². The molecule has 3 aromatic rings. The first-order valence-electron chi connectivity index (χ1n) is 11.3. The summed E-state index contributed by atoms with van der Waals surface area (Å²) in [4.78, 5) is 24.4. The first-order valence-corrected chi connectivity index (χ1v) is 11.6. The van der Waals surface area contributed by atoms with E-state index in [1.165, 1.54) is 32.4 Å². The molecule has 164 valence electrons. The SMILES string of the molecule is O=C1c2nn(-c3ccc(Cl)cc3)cc2CN1c1ccc(N2CCC(N3CCCC3)C2)nc1. The van der Waals surface area contributed by atoms with Gasteiger partial charge in [0.2, 0.25) is 0 Å². The van der Waals surface area contributed by atoms with E-state index >= 15 is 0 Å². The zero-order valence-corrected chi connectivity index (χ0v) is 18.6. The summed E-state index contributed by atoms with van der Waals surface area (Å²) in [5, 5.41) is 5.20. The van der Waals surface area contributed by atoms with Gasteiger partial charge in [0.25, 0.3) is 5.91 Å². The minimum Gasteiger partial charge on any atom is -0.355 e. The van der Waals surface area contributed by atoms with Gasteiger partial charge in [0.1, 0.15) is 5.82 Å². The van der Waals surface area contributed by atoms with Crippen LogP contribution in [0.3, 0.4) is 0 Å². The van der Waals surface area contributed by atoms with Crippen LogP contribution in [-0.2, 0) is 6.54 Å². The lowest BCUT2D eigenvalue weighted by Gasteiger charge is -2.24. The van der Waals surface area contributed by atoms with Crippen LogP contribution in [0.5, 0.6) is 0 Å². The molecule has 6 rings (SSSR count). The summed E-state index contributed by atoms with van der Waals surface area (Å²) in [5.74, 6) is 0.908. The zero-order valence-electron chi connectivity index (χ0n) is 17.8. The number of carbonyl (C=O) groups excluding carboxylic acids is 1. The van der Waals surface area contributed by atoms with E-state index in [1.54, 1.807) is 9.58 Å². The lowest BCUT2D eigenvalue weighted by Crippen LogP contribution is -2.35. The largest absolute Gasteiger partial charge is 0.355 e. The first kappa shape index (κ1) is 19.8. The van der Waals surface area contributed by atoms with Crippen LogP contribution in [0.15, 0.2) is 48.8 Å². The molecule has 3 aliphatic rings. The molecule has 1 atom stereocenters. The fraction of sp³-hybridized carbons (Fsp3) is 0.375. The molecule has 1 unspecified atom stereocenters. The fourth-order valence-electron chi connectivity index (χ4n) is 5.09. The number of hydrogen-bond acceptors (Lipinski definition) is 5. The Bertz CT molecular complexity index is 1140. The molecule has 2 fully saturated rings. The molecule has 8 heteroatoms. The fourth-order valence-corrected chi connectivity index (χ4v) is 5.22. The van der Waals surface area contributed by atoms with E-state index in [0.717, 1.165) is 35.8 Å². The average Bonchev–Trinajstić information content (AvgIpc) is 3.60. The molecule has 0 radical (unpaired) electrons. The van der Waals surface area contributed by atoms with E-state index in [9.17, 15) is 4.79 Å². The molecule has 0 bridgehead atoms. The van der Waals surface area contributed by atoms with Gasteiger partial charge in [-0.15, -0.1) is 0 Å². The number of benzene rings is 1. The number of hydrogen-bond donors (Lipinski definition) is 0. The molecule has 0 spiro atoms.